The number of methoxy groups -OCH3 is 1. The second-order valence-corrected chi connectivity index (χ2v) is 9.55. The fourth-order valence-electron chi connectivity index (χ4n) is 3.46. The molecule has 0 unspecified atom stereocenters. The quantitative estimate of drug-likeness (QED) is 0.525. The lowest BCUT2D eigenvalue weighted by Crippen LogP contribution is -2.33. The highest BCUT2D eigenvalue weighted by molar-refractivity contribution is 7.74. The summed E-state index contributed by atoms with van der Waals surface area (Å²) < 4.78 is 35.3. The number of thiol groups is 1. The molecule has 0 saturated heterocycles. The molecule has 0 spiro atoms. The fourth-order valence-corrected chi connectivity index (χ4v) is 4.04. The van der Waals surface area contributed by atoms with E-state index in [1.807, 2.05) is 32.9 Å². The van der Waals surface area contributed by atoms with Gasteiger partial charge in [-0.25, -0.2) is 18.0 Å². The van der Waals surface area contributed by atoms with Gasteiger partial charge in [-0.1, -0.05) is 18.2 Å². The number of hydrogen-bond acceptors (Lipinski definition) is 6. The second-order valence-electron chi connectivity index (χ2n) is 8.59. The van der Waals surface area contributed by atoms with Gasteiger partial charge in [0.25, 0.3) is 0 Å². The molecule has 2 aromatic carbocycles. The monoisotopic (exact) mass is 460 g/mol. The van der Waals surface area contributed by atoms with Crippen LogP contribution in [-0.2, 0) is 39.9 Å². The Hall–Kier alpha value is -3.07. The molecule has 9 heteroatoms. The van der Waals surface area contributed by atoms with Crippen molar-refractivity contribution in [3.05, 3.63) is 64.7 Å². The van der Waals surface area contributed by atoms with Gasteiger partial charge >= 0.3 is 12.1 Å². The highest BCUT2D eigenvalue weighted by Gasteiger charge is 2.28. The summed E-state index contributed by atoms with van der Waals surface area (Å²) in [6.45, 7) is 6.51. The van der Waals surface area contributed by atoms with Crippen LogP contribution in [-0.4, -0.2) is 44.6 Å². The number of amides is 1. The van der Waals surface area contributed by atoms with Gasteiger partial charge in [0.1, 0.15) is 5.60 Å². The average molecular weight is 461 g/mol. The minimum absolute atomic E-state index is 0.255. The molecule has 0 N–H and O–H groups in total. The fraction of sp³-hybridized carbons (Fsp3) is 0.391. The largest absolute Gasteiger partial charge is 0.465 e. The molecule has 0 aliphatic carbocycles. The van der Waals surface area contributed by atoms with E-state index >= 15 is 0 Å². The van der Waals surface area contributed by atoms with Gasteiger partial charge in [0, 0.05) is 19.6 Å². The van der Waals surface area contributed by atoms with E-state index in [1.165, 1.54) is 11.4 Å². The Morgan fingerprint density at radius 1 is 1.03 bits per heavy atom. The molecule has 0 saturated carbocycles. The Kier molecular flexibility index (Phi) is 7.08. The predicted octanol–water partition coefficient (Wildman–Crippen LogP) is 3.30. The van der Waals surface area contributed by atoms with Gasteiger partial charge in [0.2, 0.25) is 10.9 Å². The van der Waals surface area contributed by atoms with Crippen LogP contribution in [0, 0.1) is 0 Å². The van der Waals surface area contributed by atoms with Crippen molar-refractivity contribution in [3.8, 4) is 0 Å². The van der Waals surface area contributed by atoms with Crippen LogP contribution in [0.15, 0.2) is 42.5 Å². The zero-order valence-electron chi connectivity index (χ0n) is 18.7. The lowest BCUT2D eigenvalue weighted by atomic mass is 10.1. The highest BCUT2D eigenvalue weighted by atomic mass is 32.2. The smallest absolute Gasteiger partial charge is 0.410 e. The Labute approximate surface area is 189 Å². The minimum Gasteiger partial charge on any atom is -0.465 e. The summed E-state index contributed by atoms with van der Waals surface area (Å²) in [5, 5.41) is 0. The molecule has 1 heterocycles. The first-order valence-electron chi connectivity index (χ1n) is 10.3. The summed E-state index contributed by atoms with van der Waals surface area (Å²) in [5.41, 5.74) is 3.19. The van der Waals surface area contributed by atoms with E-state index in [0.717, 1.165) is 16.7 Å². The summed E-state index contributed by atoms with van der Waals surface area (Å²) in [4.78, 5) is 25.5. The molecule has 32 heavy (non-hydrogen) atoms. The van der Waals surface area contributed by atoms with Gasteiger partial charge in [-0.05, 0) is 68.1 Å². The number of benzene rings is 2. The van der Waals surface area contributed by atoms with Gasteiger partial charge in [0.15, 0.2) is 0 Å². The molecule has 0 fully saturated rings. The van der Waals surface area contributed by atoms with Gasteiger partial charge in [-0.2, -0.15) is 0 Å². The normalized spacial score (nSPS) is 13.1. The van der Waals surface area contributed by atoms with Crippen molar-refractivity contribution in [2.24, 2.45) is 0 Å². The third-order valence-corrected chi connectivity index (χ3v) is 5.87. The summed E-state index contributed by atoms with van der Waals surface area (Å²) in [6.07, 6.45) is 0.0868. The number of ether oxygens (including phenoxy) is 2. The maximum Gasteiger partial charge on any atom is 0.410 e. The van der Waals surface area contributed by atoms with Crippen molar-refractivity contribution in [2.75, 3.05) is 18.0 Å². The minimum atomic E-state index is -2.85. The van der Waals surface area contributed by atoms with Crippen LogP contribution in [0.4, 0.5) is 10.5 Å². The molecule has 3 rings (SSSR count). The maximum atomic E-state index is 12.4. The van der Waals surface area contributed by atoms with E-state index < -0.39 is 28.6 Å². The number of carbonyl (C=O) groups is 2. The zero-order valence-corrected chi connectivity index (χ0v) is 19.6. The first-order valence-corrected chi connectivity index (χ1v) is 11.4. The third-order valence-electron chi connectivity index (χ3n) is 5.05. The first kappa shape index (κ1) is 23.6. The van der Waals surface area contributed by atoms with Gasteiger partial charge in [-0.3, -0.25) is 9.21 Å². The van der Waals surface area contributed by atoms with Crippen LogP contribution in [0.1, 0.15) is 47.8 Å². The molecule has 0 bridgehead atoms. The molecule has 1 aliphatic heterocycles. The topological polar surface area (TPSA) is 93.2 Å². The number of anilines is 1. The van der Waals surface area contributed by atoms with Crippen molar-refractivity contribution < 1.29 is 27.5 Å². The van der Waals surface area contributed by atoms with Gasteiger partial charge in [-0.15, -0.1) is 0 Å². The Bertz CT molecular complexity index is 1060. The summed E-state index contributed by atoms with van der Waals surface area (Å²) in [7, 11) is -1.53. The number of carbonyl (C=O) groups excluding carboxylic acids is 2. The highest BCUT2D eigenvalue weighted by Crippen LogP contribution is 2.29. The summed E-state index contributed by atoms with van der Waals surface area (Å²) >= 11 is 0. The first-order chi connectivity index (χ1) is 15.1. The molecule has 1 aliphatic rings. The summed E-state index contributed by atoms with van der Waals surface area (Å²) in [6, 6.07) is 12.3. The van der Waals surface area contributed by atoms with E-state index in [4.69, 9.17) is 4.74 Å². The molecular weight excluding hydrogens is 432 g/mol. The lowest BCUT2D eigenvalue weighted by molar-refractivity contribution is 0.0241. The van der Waals surface area contributed by atoms with E-state index in [0.29, 0.717) is 30.8 Å². The van der Waals surface area contributed by atoms with Crippen LogP contribution in [0.2, 0.25) is 0 Å². The van der Waals surface area contributed by atoms with Crippen molar-refractivity contribution in [1.82, 2.24) is 4.90 Å². The van der Waals surface area contributed by atoms with Crippen molar-refractivity contribution in [2.45, 2.75) is 45.9 Å². The van der Waals surface area contributed by atoms with Crippen LogP contribution in [0.3, 0.4) is 0 Å². The molecule has 0 atom stereocenters. The van der Waals surface area contributed by atoms with E-state index in [1.54, 1.807) is 35.2 Å². The Morgan fingerprint density at radius 3 is 2.28 bits per heavy atom. The number of hydrogen-bond donors (Lipinski definition) is 1. The van der Waals surface area contributed by atoms with Crippen LogP contribution < -0.4 is 4.31 Å². The average Bonchev–Trinajstić information content (AvgIpc) is 3.16. The molecule has 2 aromatic rings. The Morgan fingerprint density at radius 2 is 1.69 bits per heavy atom. The number of rotatable bonds is 6. The zero-order chi connectivity index (χ0) is 23.5. The van der Waals surface area contributed by atoms with Crippen LogP contribution in [0.5, 0.6) is 0 Å². The molecule has 0 aromatic heterocycles. The SMILES string of the molecule is COC(=O)c1ccc(CCN(c2ccc3c(c2)CN(C(=O)OC(C)(C)C)C3)[SH](=O)=O)cc1. The van der Waals surface area contributed by atoms with Crippen molar-refractivity contribution >= 4 is 28.6 Å². The van der Waals surface area contributed by atoms with E-state index in [-0.39, 0.29) is 6.54 Å². The maximum absolute atomic E-state index is 12.4. The van der Waals surface area contributed by atoms with Crippen LogP contribution in [0.25, 0.3) is 0 Å². The number of fused-ring (bicyclic) bond motifs is 1. The molecule has 1 amide bonds. The lowest BCUT2D eigenvalue weighted by Gasteiger charge is -2.24. The van der Waals surface area contributed by atoms with Crippen molar-refractivity contribution in [1.29, 1.82) is 0 Å². The van der Waals surface area contributed by atoms with E-state index in [2.05, 4.69) is 4.74 Å². The third kappa shape index (κ3) is 5.79. The molecule has 172 valence electrons. The predicted molar refractivity (Wildman–Crippen MR) is 121 cm³/mol. The second kappa shape index (κ2) is 9.60. The molecule has 0 radical (unpaired) electrons. The molecule has 8 nitrogen and oxygen atoms in total. The van der Waals surface area contributed by atoms with Crippen LogP contribution >= 0.6 is 0 Å². The standard InChI is InChI=1S/C23H28N2O6S/c1-23(2,3)31-22(27)24-14-18-9-10-20(13-19(18)15-24)25(32(28)29)12-11-16-5-7-17(8-6-16)21(26)30-4/h5-10,13,32H,11-12,14-15H2,1-4H3. The Balaban J connectivity index is 1.69. The van der Waals surface area contributed by atoms with E-state index in [9.17, 15) is 18.0 Å². The molecular formula is C23H28N2O6S. The van der Waals surface area contributed by atoms with Gasteiger partial charge in [0.05, 0.1) is 18.4 Å². The number of esters is 1. The number of nitrogens with zero attached hydrogens (tertiary/aromatic N) is 2. The van der Waals surface area contributed by atoms with Crippen molar-refractivity contribution in [3.63, 3.8) is 0 Å². The summed E-state index contributed by atoms with van der Waals surface area (Å²) in [5.74, 6) is -0.417. The van der Waals surface area contributed by atoms with Gasteiger partial charge < -0.3 is 9.47 Å².